The second-order valence-electron chi connectivity index (χ2n) is 2.09. The van der Waals surface area contributed by atoms with Gasteiger partial charge < -0.3 is 10.8 Å². The van der Waals surface area contributed by atoms with Crippen molar-refractivity contribution in [3.05, 3.63) is 18.1 Å². The number of hydrogen-bond acceptors (Lipinski definition) is 4. The van der Waals surface area contributed by atoms with Gasteiger partial charge in [0, 0.05) is 0 Å². The molecule has 4 N–H and O–H groups in total. The average Bonchev–Trinajstić information content (AvgIpc) is 2.45. The zero-order chi connectivity index (χ0) is 7.84. The van der Waals surface area contributed by atoms with Crippen LogP contribution in [0.15, 0.2) is 12.5 Å². The maximum Gasteiger partial charge on any atom is 0.242 e. The van der Waals surface area contributed by atoms with Crippen molar-refractivity contribution in [2.45, 2.75) is 0 Å². The normalized spacial score (nSPS) is 10.5. The number of nitrogens with one attached hydrogen (secondary N) is 2. The molecule has 0 aliphatic rings. The SMILES string of the molecule is N=c1ncc2[nH]cnc2n1N. The van der Waals surface area contributed by atoms with Gasteiger partial charge in [-0.1, -0.05) is 0 Å². The van der Waals surface area contributed by atoms with E-state index in [0.717, 1.165) is 10.2 Å². The molecule has 0 saturated carbocycles. The highest BCUT2D eigenvalue weighted by atomic mass is 15.3. The van der Waals surface area contributed by atoms with Crippen LogP contribution < -0.4 is 11.5 Å². The van der Waals surface area contributed by atoms with Crippen molar-refractivity contribution in [3.8, 4) is 0 Å². The molecule has 0 saturated heterocycles. The number of imidazole rings is 1. The highest BCUT2D eigenvalue weighted by Gasteiger charge is 1.98. The molecule has 0 aliphatic carbocycles. The van der Waals surface area contributed by atoms with Crippen molar-refractivity contribution in [1.29, 1.82) is 5.41 Å². The standard InChI is InChI=1S/C5H6N6/c6-5-8-1-3-4(11(5)7)10-2-9-3/h1-2,6H,7H2,(H,9,10). The maximum absolute atomic E-state index is 7.21. The molecule has 0 radical (unpaired) electrons. The second-order valence-corrected chi connectivity index (χ2v) is 2.09. The molecule has 0 fully saturated rings. The molecule has 2 aromatic rings. The Hall–Kier alpha value is -1.85. The van der Waals surface area contributed by atoms with Crippen molar-refractivity contribution < 1.29 is 0 Å². The highest BCUT2D eigenvalue weighted by Crippen LogP contribution is 1.99. The molecule has 0 atom stereocenters. The van der Waals surface area contributed by atoms with Gasteiger partial charge >= 0.3 is 0 Å². The molecule has 0 aliphatic heterocycles. The van der Waals surface area contributed by atoms with Gasteiger partial charge in [0.15, 0.2) is 5.65 Å². The number of H-pyrrole nitrogens is 1. The molecular formula is C5H6N6. The van der Waals surface area contributed by atoms with Crippen LogP contribution in [0.3, 0.4) is 0 Å². The summed E-state index contributed by atoms with van der Waals surface area (Å²) in [6, 6.07) is 0. The summed E-state index contributed by atoms with van der Waals surface area (Å²) < 4.78 is 1.12. The van der Waals surface area contributed by atoms with Crippen LogP contribution >= 0.6 is 0 Å². The fraction of sp³-hybridized carbons (Fsp3) is 0. The summed E-state index contributed by atoms with van der Waals surface area (Å²) in [5.74, 6) is 5.45. The first-order valence-electron chi connectivity index (χ1n) is 3.00. The van der Waals surface area contributed by atoms with E-state index in [0.29, 0.717) is 5.65 Å². The van der Waals surface area contributed by atoms with Crippen LogP contribution in [0.1, 0.15) is 0 Å². The third kappa shape index (κ3) is 0.689. The second kappa shape index (κ2) is 1.82. The number of rotatable bonds is 0. The van der Waals surface area contributed by atoms with Gasteiger partial charge in [-0.3, -0.25) is 5.41 Å². The van der Waals surface area contributed by atoms with Crippen molar-refractivity contribution in [1.82, 2.24) is 19.6 Å². The summed E-state index contributed by atoms with van der Waals surface area (Å²) in [6.45, 7) is 0. The van der Waals surface area contributed by atoms with Crippen LogP contribution in [-0.2, 0) is 0 Å². The van der Waals surface area contributed by atoms with Crippen molar-refractivity contribution in [2.75, 3.05) is 5.84 Å². The van der Waals surface area contributed by atoms with Gasteiger partial charge in [-0.05, 0) is 0 Å². The fourth-order valence-electron chi connectivity index (χ4n) is 0.872. The van der Waals surface area contributed by atoms with Crippen LogP contribution in [0.25, 0.3) is 11.2 Å². The van der Waals surface area contributed by atoms with Gasteiger partial charge in [-0.25, -0.2) is 14.6 Å². The van der Waals surface area contributed by atoms with E-state index in [-0.39, 0.29) is 5.62 Å². The predicted molar refractivity (Wildman–Crippen MR) is 37.9 cm³/mol. The van der Waals surface area contributed by atoms with Gasteiger partial charge in [0.2, 0.25) is 5.62 Å². The van der Waals surface area contributed by atoms with Gasteiger partial charge in [-0.2, -0.15) is 0 Å². The largest absolute Gasteiger partial charge is 0.342 e. The van der Waals surface area contributed by atoms with Gasteiger partial charge in [-0.15, -0.1) is 0 Å². The summed E-state index contributed by atoms with van der Waals surface area (Å²) in [5.41, 5.74) is 1.25. The molecule has 0 aromatic carbocycles. The first-order chi connectivity index (χ1) is 5.29. The van der Waals surface area contributed by atoms with Crippen LogP contribution in [0, 0.1) is 5.41 Å². The molecular weight excluding hydrogens is 144 g/mol. The fourth-order valence-corrected chi connectivity index (χ4v) is 0.872. The Balaban J connectivity index is 3.04. The Morgan fingerprint density at radius 2 is 2.36 bits per heavy atom. The Kier molecular flexibility index (Phi) is 0.974. The monoisotopic (exact) mass is 150 g/mol. The third-order valence-corrected chi connectivity index (χ3v) is 1.42. The molecule has 2 aromatic heterocycles. The van der Waals surface area contributed by atoms with E-state index in [4.69, 9.17) is 11.3 Å². The molecule has 6 nitrogen and oxygen atoms in total. The number of aromatic amines is 1. The number of nitrogen functional groups attached to an aromatic ring is 1. The van der Waals surface area contributed by atoms with E-state index >= 15 is 0 Å². The minimum Gasteiger partial charge on any atom is -0.342 e. The summed E-state index contributed by atoms with van der Waals surface area (Å²) in [5, 5.41) is 7.21. The number of nitrogens with zero attached hydrogens (tertiary/aromatic N) is 3. The molecule has 0 spiro atoms. The Morgan fingerprint density at radius 1 is 1.55 bits per heavy atom. The van der Waals surface area contributed by atoms with E-state index in [1.165, 1.54) is 12.5 Å². The van der Waals surface area contributed by atoms with E-state index in [2.05, 4.69) is 15.0 Å². The van der Waals surface area contributed by atoms with E-state index < -0.39 is 0 Å². The number of hydrogen-bond donors (Lipinski definition) is 3. The van der Waals surface area contributed by atoms with Crippen molar-refractivity contribution >= 4 is 11.2 Å². The zero-order valence-corrected chi connectivity index (χ0v) is 5.57. The van der Waals surface area contributed by atoms with Gasteiger partial charge in [0.1, 0.15) is 5.52 Å². The van der Waals surface area contributed by atoms with E-state index in [1.807, 2.05) is 0 Å². The molecule has 2 heterocycles. The summed E-state index contributed by atoms with van der Waals surface area (Å²) >= 11 is 0. The quantitative estimate of drug-likeness (QED) is 0.418. The summed E-state index contributed by atoms with van der Waals surface area (Å²) in [4.78, 5) is 10.4. The Bertz CT molecular complexity index is 437. The lowest BCUT2D eigenvalue weighted by atomic mass is 10.6. The van der Waals surface area contributed by atoms with Gasteiger partial charge in [0.25, 0.3) is 0 Å². The molecule has 6 heteroatoms. The van der Waals surface area contributed by atoms with Crippen LogP contribution in [0.2, 0.25) is 0 Å². The minimum absolute atomic E-state index is 0.00963. The molecule has 2 rings (SSSR count). The molecule has 0 unspecified atom stereocenters. The number of aromatic nitrogens is 4. The average molecular weight is 150 g/mol. The lowest BCUT2D eigenvalue weighted by molar-refractivity contribution is 0.839. The third-order valence-electron chi connectivity index (χ3n) is 1.42. The summed E-state index contributed by atoms with van der Waals surface area (Å²) in [6.07, 6.45) is 3.03. The van der Waals surface area contributed by atoms with E-state index in [9.17, 15) is 0 Å². The van der Waals surface area contributed by atoms with Crippen LogP contribution in [-0.4, -0.2) is 19.6 Å². The first kappa shape index (κ1) is 5.90. The maximum atomic E-state index is 7.21. The van der Waals surface area contributed by atoms with Gasteiger partial charge in [0.05, 0.1) is 12.5 Å². The van der Waals surface area contributed by atoms with Crippen LogP contribution in [0.5, 0.6) is 0 Å². The topological polar surface area (TPSA) is 96.4 Å². The molecule has 56 valence electrons. The lowest BCUT2D eigenvalue weighted by Crippen LogP contribution is -2.29. The highest BCUT2D eigenvalue weighted by molar-refractivity contribution is 5.68. The van der Waals surface area contributed by atoms with Crippen molar-refractivity contribution in [2.24, 2.45) is 0 Å². The minimum atomic E-state index is -0.00963. The lowest BCUT2D eigenvalue weighted by Gasteiger charge is -1.96. The molecule has 0 bridgehead atoms. The predicted octanol–water partition coefficient (Wildman–Crippen LogP) is -1.05. The molecule has 11 heavy (non-hydrogen) atoms. The first-order valence-corrected chi connectivity index (χ1v) is 3.00. The number of nitrogens with two attached hydrogens (primary N) is 1. The number of fused-ring (bicyclic) bond motifs is 1. The van der Waals surface area contributed by atoms with E-state index in [1.54, 1.807) is 0 Å². The molecule has 0 amide bonds. The van der Waals surface area contributed by atoms with Crippen molar-refractivity contribution in [3.63, 3.8) is 0 Å². The summed E-state index contributed by atoms with van der Waals surface area (Å²) in [7, 11) is 0. The Morgan fingerprint density at radius 3 is 3.18 bits per heavy atom. The zero-order valence-electron chi connectivity index (χ0n) is 5.57. The van der Waals surface area contributed by atoms with Crippen LogP contribution in [0.4, 0.5) is 0 Å². The Labute approximate surface area is 61.2 Å². The smallest absolute Gasteiger partial charge is 0.242 e.